The van der Waals surface area contributed by atoms with E-state index in [0.717, 1.165) is 6.26 Å². The van der Waals surface area contributed by atoms with Crippen LogP contribution in [0.2, 0.25) is 0 Å². The molecule has 0 bridgehead atoms. The zero-order chi connectivity index (χ0) is 15.4. The Morgan fingerprint density at radius 1 is 1.10 bits per heavy atom. The van der Waals surface area contributed by atoms with Crippen LogP contribution in [0, 0.1) is 0 Å². The fourth-order valence-electron chi connectivity index (χ4n) is 1.61. The second-order valence-electron chi connectivity index (χ2n) is 4.36. The van der Waals surface area contributed by atoms with Crippen LogP contribution in [0.1, 0.15) is 20.3 Å². The molecule has 0 aliphatic heterocycles. The molecule has 20 heavy (non-hydrogen) atoms. The summed E-state index contributed by atoms with van der Waals surface area (Å²) in [7, 11) is -7.19. The summed E-state index contributed by atoms with van der Waals surface area (Å²) < 4.78 is 50.0. The molecule has 0 saturated heterocycles. The Bertz CT molecular complexity index is 667. The summed E-state index contributed by atoms with van der Waals surface area (Å²) >= 11 is 0. The van der Waals surface area contributed by atoms with Crippen LogP contribution in [0.4, 0.5) is 5.69 Å². The highest BCUT2D eigenvalue weighted by atomic mass is 32.2. The minimum absolute atomic E-state index is 0.0176. The number of hydrogen-bond acceptors (Lipinski definition) is 5. The fraction of sp³-hybridized carbons (Fsp3) is 0.500. The molecule has 0 aliphatic rings. The smallest absolute Gasteiger partial charge is 0.242 e. The quantitative estimate of drug-likeness (QED) is 0.788. The Balaban J connectivity index is 3.39. The lowest BCUT2D eigenvalue weighted by molar-refractivity contribution is 0.580. The van der Waals surface area contributed by atoms with Crippen LogP contribution in [0.25, 0.3) is 0 Å². The van der Waals surface area contributed by atoms with Crippen LogP contribution in [0.3, 0.4) is 0 Å². The Hall–Kier alpha value is -1.12. The van der Waals surface area contributed by atoms with Gasteiger partial charge in [-0.2, -0.15) is 0 Å². The summed E-state index contributed by atoms with van der Waals surface area (Å²) in [5, 5.41) is 2.92. The molecule has 2 N–H and O–H groups in total. The van der Waals surface area contributed by atoms with E-state index in [-0.39, 0.29) is 9.79 Å². The van der Waals surface area contributed by atoms with Gasteiger partial charge in [0, 0.05) is 19.3 Å². The molecule has 114 valence electrons. The monoisotopic (exact) mass is 320 g/mol. The van der Waals surface area contributed by atoms with Crippen LogP contribution >= 0.6 is 0 Å². The first-order valence-electron chi connectivity index (χ1n) is 6.30. The zero-order valence-corrected chi connectivity index (χ0v) is 13.4. The van der Waals surface area contributed by atoms with Crippen molar-refractivity contribution in [1.29, 1.82) is 0 Å². The maximum Gasteiger partial charge on any atom is 0.242 e. The number of hydrogen-bond donors (Lipinski definition) is 2. The van der Waals surface area contributed by atoms with Crippen LogP contribution in [-0.2, 0) is 19.9 Å². The normalized spacial score (nSPS) is 12.3. The second kappa shape index (κ2) is 6.55. The number of anilines is 1. The molecule has 1 aromatic carbocycles. The molecular weight excluding hydrogens is 300 g/mol. The van der Waals surface area contributed by atoms with Crippen LogP contribution < -0.4 is 10.0 Å². The van der Waals surface area contributed by atoms with E-state index in [1.807, 2.05) is 13.8 Å². The predicted molar refractivity (Wildman–Crippen MR) is 79.2 cm³/mol. The highest BCUT2D eigenvalue weighted by Gasteiger charge is 2.20. The summed E-state index contributed by atoms with van der Waals surface area (Å²) in [6, 6.07) is 4.05. The average molecular weight is 320 g/mol. The lowest BCUT2D eigenvalue weighted by Gasteiger charge is -2.13. The van der Waals surface area contributed by atoms with Crippen molar-refractivity contribution >= 4 is 25.5 Å². The van der Waals surface area contributed by atoms with Gasteiger partial charge in [-0.05, 0) is 31.5 Å². The van der Waals surface area contributed by atoms with E-state index in [4.69, 9.17) is 0 Å². The molecule has 1 rings (SSSR count). The third-order valence-corrected chi connectivity index (χ3v) is 5.19. The SMILES string of the molecule is CCCNS(=O)(=O)c1cc(S(C)(=O)=O)ccc1NCC. The molecule has 0 fully saturated rings. The van der Waals surface area contributed by atoms with Gasteiger partial charge in [-0.15, -0.1) is 0 Å². The molecule has 0 unspecified atom stereocenters. The van der Waals surface area contributed by atoms with Gasteiger partial charge in [0.1, 0.15) is 4.90 Å². The zero-order valence-electron chi connectivity index (χ0n) is 11.8. The summed E-state index contributed by atoms with van der Waals surface area (Å²) in [5.41, 5.74) is 0.392. The molecule has 1 aromatic rings. The molecule has 6 nitrogen and oxygen atoms in total. The van der Waals surface area contributed by atoms with Gasteiger partial charge in [0.25, 0.3) is 0 Å². The van der Waals surface area contributed by atoms with Gasteiger partial charge >= 0.3 is 0 Å². The number of nitrogens with one attached hydrogen (secondary N) is 2. The maximum atomic E-state index is 12.2. The third kappa shape index (κ3) is 4.19. The van der Waals surface area contributed by atoms with E-state index in [9.17, 15) is 16.8 Å². The van der Waals surface area contributed by atoms with E-state index >= 15 is 0 Å². The maximum absolute atomic E-state index is 12.2. The van der Waals surface area contributed by atoms with Gasteiger partial charge in [0.05, 0.1) is 10.6 Å². The average Bonchev–Trinajstić information content (AvgIpc) is 2.36. The van der Waals surface area contributed by atoms with E-state index < -0.39 is 19.9 Å². The first-order chi connectivity index (χ1) is 9.22. The first kappa shape index (κ1) is 16.9. The number of rotatable bonds is 7. The Kier molecular flexibility index (Phi) is 5.55. The van der Waals surface area contributed by atoms with Crippen LogP contribution in [0.5, 0.6) is 0 Å². The molecule has 0 heterocycles. The second-order valence-corrected chi connectivity index (χ2v) is 8.11. The standard InChI is InChI=1S/C12H20N2O4S2/c1-4-8-14-20(17,18)12-9-10(19(3,15)16)6-7-11(12)13-5-2/h6-7,9,13-14H,4-5,8H2,1-3H3. The predicted octanol–water partition coefficient (Wildman–Crippen LogP) is 1.21. The van der Waals surface area contributed by atoms with Gasteiger partial charge in [-0.1, -0.05) is 6.92 Å². The summed E-state index contributed by atoms with van der Waals surface area (Å²) in [6.45, 7) is 4.52. The fourth-order valence-corrected chi connectivity index (χ4v) is 3.67. The molecular formula is C12H20N2O4S2. The van der Waals surface area contributed by atoms with Crippen molar-refractivity contribution in [3.8, 4) is 0 Å². The minimum atomic E-state index is -3.73. The summed E-state index contributed by atoms with van der Waals surface area (Å²) in [5.74, 6) is 0. The van der Waals surface area contributed by atoms with E-state index in [2.05, 4.69) is 10.0 Å². The van der Waals surface area contributed by atoms with Gasteiger partial charge in [0.2, 0.25) is 10.0 Å². The Labute approximate surface area is 120 Å². The lowest BCUT2D eigenvalue weighted by Crippen LogP contribution is -2.25. The summed E-state index contributed by atoms with van der Waals surface area (Å²) in [6.07, 6.45) is 1.70. The molecule has 0 atom stereocenters. The third-order valence-electron chi connectivity index (χ3n) is 2.58. The number of sulfone groups is 1. The van der Waals surface area contributed by atoms with Crippen molar-refractivity contribution in [2.45, 2.75) is 30.1 Å². The van der Waals surface area contributed by atoms with Crippen molar-refractivity contribution in [3.63, 3.8) is 0 Å². The molecule has 8 heteroatoms. The number of benzene rings is 1. The molecule has 0 radical (unpaired) electrons. The molecule has 0 amide bonds. The van der Waals surface area contributed by atoms with Gasteiger partial charge < -0.3 is 5.32 Å². The van der Waals surface area contributed by atoms with Gasteiger partial charge in [-0.25, -0.2) is 21.6 Å². The van der Waals surface area contributed by atoms with E-state index in [1.54, 1.807) is 0 Å². The highest BCUT2D eigenvalue weighted by molar-refractivity contribution is 7.91. The van der Waals surface area contributed by atoms with Crippen molar-refractivity contribution in [1.82, 2.24) is 4.72 Å². The first-order valence-corrected chi connectivity index (χ1v) is 9.67. The van der Waals surface area contributed by atoms with Gasteiger partial charge in [0.15, 0.2) is 9.84 Å². The van der Waals surface area contributed by atoms with E-state index in [1.165, 1.54) is 18.2 Å². The van der Waals surface area contributed by atoms with Crippen molar-refractivity contribution in [2.24, 2.45) is 0 Å². The van der Waals surface area contributed by atoms with Crippen LogP contribution in [0.15, 0.2) is 28.0 Å². The Morgan fingerprint density at radius 3 is 2.25 bits per heavy atom. The van der Waals surface area contributed by atoms with E-state index in [0.29, 0.717) is 25.2 Å². The minimum Gasteiger partial charge on any atom is -0.384 e. The topological polar surface area (TPSA) is 92.3 Å². The van der Waals surface area contributed by atoms with Crippen LogP contribution in [-0.4, -0.2) is 36.2 Å². The number of sulfonamides is 1. The van der Waals surface area contributed by atoms with Crippen molar-refractivity contribution < 1.29 is 16.8 Å². The molecule has 0 spiro atoms. The van der Waals surface area contributed by atoms with Crippen molar-refractivity contribution in [2.75, 3.05) is 24.7 Å². The molecule has 0 aliphatic carbocycles. The largest absolute Gasteiger partial charge is 0.384 e. The molecule has 0 aromatic heterocycles. The molecule has 0 saturated carbocycles. The van der Waals surface area contributed by atoms with Gasteiger partial charge in [-0.3, -0.25) is 0 Å². The Morgan fingerprint density at radius 2 is 1.75 bits per heavy atom. The highest BCUT2D eigenvalue weighted by Crippen LogP contribution is 2.24. The van der Waals surface area contributed by atoms with Crippen molar-refractivity contribution in [3.05, 3.63) is 18.2 Å². The lowest BCUT2D eigenvalue weighted by atomic mass is 10.3. The summed E-state index contributed by atoms with van der Waals surface area (Å²) in [4.78, 5) is -0.0632.